The van der Waals surface area contributed by atoms with Crippen LogP contribution in [0, 0.1) is 0 Å². The minimum Gasteiger partial charge on any atom is -0.444 e. The van der Waals surface area contributed by atoms with Gasteiger partial charge in [0.1, 0.15) is 11.6 Å². The fourth-order valence-electron chi connectivity index (χ4n) is 5.37. The predicted octanol–water partition coefficient (Wildman–Crippen LogP) is 4.56. The van der Waals surface area contributed by atoms with Gasteiger partial charge in [0.05, 0.1) is 6.04 Å². The smallest absolute Gasteiger partial charge is 0.444 e. The van der Waals surface area contributed by atoms with E-state index in [1.165, 1.54) is 4.90 Å². The first-order chi connectivity index (χ1) is 19.8. The second kappa shape index (κ2) is 11.5. The van der Waals surface area contributed by atoms with E-state index >= 15 is 0 Å². The van der Waals surface area contributed by atoms with Crippen LogP contribution in [-0.4, -0.2) is 62.2 Å². The molecule has 5 rings (SSSR count). The van der Waals surface area contributed by atoms with Crippen LogP contribution < -0.4 is 15.8 Å². The van der Waals surface area contributed by atoms with Gasteiger partial charge in [-0.3, -0.25) is 14.2 Å². The Kier molecular flexibility index (Phi) is 8.19. The lowest BCUT2D eigenvalue weighted by molar-refractivity contribution is -0.148. The summed E-state index contributed by atoms with van der Waals surface area (Å²) >= 11 is 0.864. The Morgan fingerprint density at radius 2 is 1.79 bits per heavy atom. The number of anilines is 1. The van der Waals surface area contributed by atoms with Gasteiger partial charge >= 0.3 is 12.3 Å². The normalized spacial score (nSPS) is 19.5. The molecule has 0 bridgehead atoms. The first kappa shape index (κ1) is 29.8. The molecule has 0 aliphatic carbocycles. The molecule has 10 nitrogen and oxygen atoms in total. The lowest BCUT2D eigenvalue weighted by Gasteiger charge is -2.29. The molecule has 4 heterocycles. The van der Waals surface area contributed by atoms with Crippen LogP contribution in [0.5, 0.6) is 0 Å². The molecule has 0 radical (unpaired) electrons. The Hall–Kier alpha value is -3.68. The summed E-state index contributed by atoms with van der Waals surface area (Å²) < 4.78 is 48.6. The standard InChI is InChI=1S/C28H33F3N6O4S/c1-27(2,3)41-26(40)35-13-7-11-18(35)16-37-23(39)20-22(34-24(37)28(29,30)31)42-25(33-20)36-14-8-12-19(36)21(38)32-15-17-9-5-4-6-10-17/h4-6,9-10,18-19H,7-8,11-16H2,1-3H3,(H,32,38)/t18-,19+/m0/s1. The molecule has 0 unspecified atom stereocenters. The van der Waals surface area contributed by atoms with Crippen LogP contribution in [0.25, 0.3) is 10.3 Å². The van der Waals surface area contributed by atoms with Gasteiger partial charge < -0.3 is 19.9 Å². The number of carbonyl (C=O) groups excluding carboxylic acids is 2. The number of benzene rings is 1. The average Bonchev–Trinajstić information content (AvgIpc) is 3.67. The number of thiazole rings is 1. The maximum atomic E-state index is 14.2. The quantitative estimate of drug-likeness (QED) is 0.438. The Balaban J connectivity index is 1.42. The Morgan fingerprint density at radius 3 is 2.48 bits per heavy atom. The Labute approximate surface area is 244 Å². The predicted molar refractivity (Wildman–Crippen MR) is 151 cm³/mol. The molecule has 3 aromatic rings. The number of halogens is 3. The third kappa shape index (κ3) is 6.37. The molecular weight excluding hydrogens is 573 g/mol. The van der Waals surface area contributed by atoms with Crippen molar-refractivity contribution < 1.29 is 27.5 Å². The number of fused-ring (bicyclic) bond motifs is 1. The van der Waals surface area contributed by atoms with Crippen molar-refractivity contribution >= 4 is 38.8 Å². The van der Waals surface area contributed by atoms with Crippen molar-refractivity contribution in [1.29, 1.82) is 0 Å². The van der Waals surface area contributed by atoms with E-state index in [1.54, 1.807) is 25.7 Å². The molecule has 2 aliphatic heterocycles. The average molecular weight is 607 g/mol. The molecule has 1 N–H and O–H groups in total. The summed E-state index contributed by atoms with van der Waals surface area (Å²) in [5.41, 5.74) is -0.968. The highest BCUT2D eigenvalue weighted by Crippen LogP contribution is 2.35. The molecule has 2 fully saturated rings. The SMILES string of the molecule is CC(C)(C)OC(=O)N1CCC[C@H]1Cn1c(C(F)(F)F)nc2sc(N3CCC[C@@H]3C(=O)NCc3ccccc3)nc2c1=O. The van der Waals surface area contributed by atoms with E-state index in [2.05, 4.69) is 15.3 Å². The van der Waals surface area contributed by atoms with E-state index in [1.807, 2.05) is 30.3 Å². The lowest BCUT2D eigenvalue weighted by Crippen LogP contribution is -2.44. The molecule has 2 saturated heterocycles. The van der Waals surface area contributed by atoms with Crippen LogP contribution in [-0.2, 0) is 28.8 Å². The minimum atomic E-state index is -4.92. The lowest BCUT2D eigenvalue weighted by atomic mass is 10.2. The van der Waals surface area contributed by atoms with Crippen molar-refractivity contribution in [3.8, 4) is 0 Å². The molecule has 0 spiro atoms. The summed E-state index contributed by atoms with van der Waals surface area (Å²) in [6, 6.07) is 8.18. The number of nitrogens with one attached hydrogen (secondary N) is 1. The maximum Gasteiger partial charge on any atom is 0.449 e. The van der Waals surface area contributed by atoms with Crippen LogP contribution in [0.3, 0.4) is 0 Å². The van der Waals surface area contributed by atoms with Gasteiger partial charge in [-0.15, -0.1) is 0 Å². The zero-order valence-electron chi connectivity index (χ0n) is 23.6. The molecule has 2 amide bonds. The number of alkyl halides is 3. The van der Waals surface area contributed by atoms with Gasteiger partial charge in [-0.05, 0) is 52.0 Å². The second-order valence-corrected chi connectivity index (χ2v) is 12.5. The Morgan fingerprint density at radius 1 is 1.07 bits per heavy atom. The molecule has 0 saturated carbocycles. The highest BCUT2D eigenvalue weighted by molar-refractivity contribution is 7.21. The number of nitrogens with zero attached hydrogens (tertiary/aromatic N) is 5. The number of rotatable bonds is 6. The first-order valence-electron chi connectivity index (χ1n) is 13.9. The van der Waals surface area contributed by atoms with E-state index in [9.17, 15) is 27.6 Å². The van der Waals surface area contributed by atoms with Crippen molar-refractivity contribution in [2.45, 2.75) is 83.4 Å². The van der Waals surface area contributed by atoms with Crippen LogP contribution in [0.4, 0.5) is 23.1 Å². The number of amides is 2. The molecule has 2 atom stereocenters. The van der Waals surface area contributed by atoms with Gasteiger partial charge in [0.15, 0.2) is 15.5 Å². The highest BCUT2D eigenvalue weighted by Gasteiger charge is 2.41. The summed E-state index contributed by atoms with van der Waals surface area (Å²) in [4.78, 5) is 50.5. The molecule has 2 aliphatic rings. The molecule has 42 heavy (non-hydrogen) atoms. The maximum absolute atomic E-state index is 14.2. The fraction of sp³-hybridized carbons (Fsp3) is 0.536. The summed E-state index contributed by atoms with van der Waals surface area (Å²) in [7, 11) is 0. The molecule has 14 heteroatoms. The van der Waals surface area contributed by atoms with Crippen LogP contribution >= 0.6 is 11.3 Å². The fourth-order valence-corrected chi connectivity index (χ4v) is 6.38. The second-order valence-electron chi connectivity index (χ2n) is 11.5. The van der Waals surface area contributed by atoms with Crippen molar-refractivity contribution in [3.63, 3.8) is 0 Å². The number of likely N-dealkylation sites (tertiary alicyclic amines) is 1. The third-order valence-corrected chi connectivity index (χ3v) is 8.26. The van der Waals surface area contributed by atoms with E-state index in [-0.39, 0.29) is 21.4 Å². The topological polar surface area (TPSA) is 110 Å². The first-order valence-corrected chi connectivity index (χ1v) is 14.7. The van der Waals surface area contributed by atoms with Gasteiger partial charge in [0.2, 0.25) is 11.7 Å². The molecule has 2 aromatic heterocycles. The Bertz CT molecular complexity index is 1520. The zero-order valence-corrected chi connectivity index (χ0v) is 24.4. The molecule has 226 valence electrons. The van der Waals surface area contributed by atoms with Gasteiger partial charge in [-0.2, -0.15) is 13.2 Å². The van der Waals surface area contributed by atoms with Crippen molar-refractivity contribution in [1.82, 2.24) is 24.8 Å². The monoisotopic (exact) mass is 606 g/mol. The van der Waals surface area contributed by atoms with Gasteiger partial charge in [0.25, 0.3) is 5.56 Å². The van der Waals surface area contributed by atoms with E-state index in [4.69, 9.17) is 4.74 Å². The zero-order chi connectivity index (χ0) is 30.2. The van der Waals surface area contributed by atoms with Crippen LogP contribution in [0.15, 0.2) is 35.1 Å². The summed E-state index contributed by atoms with van der Waals surface area (Å²) in [5.74, 6) is -1.56. The van der Waals surface area contributed by atoms with Gasteiger partial charge in [-0.1, -0.05) is 41.7 Å². The number of ether oxygens (including phenoxy) is 1. The van der Waals surface area contributed by atoms with E-state index < -0.39 is 47.9 Å². The van der Waals surface area contributed by atoms with Crippen LogP contribution in [0.2, 0.25) is 0 Å². The number of hydrogen-bond donors (Lipinski definition) is 1. The molecule has 1 aromatic carbocycles. The number of hydrogen-bond acceptors (Lipinski definition) is 8. The van der Waals surface area contributed by atoms with Crippen molar-refractivity contribution in [2.24, 2.45) is 0 Å². The third-order valence-electron chi connectivity index (χ3n) is 7.27. The van der Waals surface area contributed by atoms with Crippen molar-refractivity contribution in [3.05, 3.63) is 52.1 Å². The number of carbonyl (C=O) groups is 2. The summed E-state index contributed by atoms with van der Waals surface area (Å²) in [5, 5.41) is 3.19. The van der Waals surface area contributed by atoms with E-state index in [0.717, 1.165) is 16.9 Å². The van der Waals surface area contributed by atoms with Crippen molar-refractivity contribution in [2.75, 3.05) is 18.0 Å². The highest BCUT2D eigenvalue weighted by atomic mass is 32.1. The minimum absolute atomic E-state index is 0.149. The largest absolute Gasteiger partial charge is 0.449 e. The van der Waals surface area contributed by atoms with Gasteiger partial charge in [0, 0.05) is 26.2 Å². The van der Waals surface area contributed by atoms with Crippen LogP contribution in [0.1, 0.15) is 57.8 Å². The number of aromatic nitrogens is 3. The molecular formula is C28H33F3N6O4S. The van der Waals surface area contributed by atoms with Gasteiger partial charge in [-0.25, -0.2) is 14.8 Å². The van der Waals surface area contributed by atoms with E-state index in [0.29, 0.717) is 49.9 Å². The summed E-state index contributed by atoms with van der Waals surface area (Å²) in [6.45, 7) is 5.85. The summed E-state index contributed by atoms with van der Waals surface area (Å²) in [6.07, 6.45) is -3.34.